The van der Waals surface area contributed by atoms with Crippen molar-refractivity contribution >= 4 is 37.5 Å². The number of carbonyl (C=O) groups excluding carboxylic acids is 1. The van der Waals surface area contributed by atoms with E-state index in [4.69, 9.17) is 0 Å². The molecule has 154 valence electrons. The molecule has 2 N–H and O–H groups in total. The smallest absolute Gasteiger partial charge is 0.261 e. The number of nitrogens with one attached hydrogen (secondary N) is 2. The Morgan fingerprint density at radius 1 is 1.07 bits per heavy atom. The normalized spacial score (nSPS) is 24.3. The van der Waals surface area contributed by atoms with Crippen LogP contribution in [0.4, 0.5) is 5.69 Å². The predicted octanol–water partition coefficient (Wildman–Crippen LogP) is 4.80. The van der Waals surface area contributed by atoms with Gasteiger partial charge in [-0.25, -0.2) is 8.42 Å². The highest BCUT2D eigenvalue weighted by molar-refractivity contribution is 9.10. The molecule has 2 aliphatic carbocycles. The van der Waals surface area contributed by atoms with Gasteiger partial charge in [0.05, 0.1) is 16.1 Å². The van der Waals surface area contributed by atoms with Gasteiger partial charge in [-0.2, -0.15) is 0 Å². The van der Waals surface area contributed by atoms with Crippen LogP contribution in [0.15, 0.2) is 57.9 Å². The zero-order valence-electron chi connectivity index (χ0n) is 16.3. The molecule has 0 aromatic heterocycles. The van der Waals surface area contributed by atoms with Gasteiger partial charge in [0, 0.05) is 10.5 Å². The van der Waals surface area contributed by atoms with E-state index in [0.29, 0.717) is 17.4 Å². The summed E-state index contributed by atoms with van der Waals surface area (Å²) in [5.74, 6) is 1.80. The van der Waals surface area contributed by atoms with E-state index in [1.807, 2.05) is 0 Å². The summed E-state index contributed by atoms with van der Waals surface area (Å²) in [6.07, 6.45) is 5.06. The summed E-state index contributed by atoms with van der Waals surface area (Å²) in [5.41, 5.74) is 0.622. The largest absolute Gasteiger partial charge is 0.349 e. The first kappa shape index (κ1) is 20.4. The van der Waals surface area contributed by atoms with Crippen molar-refractivity contribution in [2.45, 2.75) is 43.5 Å². The summed E-state index contributed by atoms with van der Waals surface area (Å²) in [7, 11) is -3.79. The van der Waals surface area contributed by atoms with Crippen molar-refractivity contribution in [2.75, 3.05) is 4.72 Å². The fraction of sp³-hybridized carbons (Fsp3) is 0.409. The molecule has 0 spiro atoms. The van der Waals surface area contributed by atoms with Crippen LogP contribution in [0.2, 0.25) is 0 Å². The van der Waals surface area contributed by atoms with Crippen LogP contribution in [0, 0.1) is 17.8 Å². The second-order valence-electron chi connectivity index (χ2n) is 8.21. The van der Waals surface area contributed by atoms with Crippen LogP contribution >= 0.6 is 15.9 Å². The van der Waals surface area contributed by atoms with E-state index < -0.39 is 10.0 Å². The maximum absolute atomic E-state index is 13.0. The van der Waals surface area contributed by atoms with E-state index in [0.717, 1.165) is 10.4 Å². The van der Waals surface area contributed by atoms with Crippen molar-refractivity contribution in [3.63, 3.8) is 0 Å². The minimum Gasteiger partial charge on any atom is -0.349 e. The number of para-hydroxylation sites is 1. The van der Waals surface area contributed by atoms with Crippen LogP contribution in [0.25, 0.3) is 0 Å². The van der Waals surface area contributed by atoms with E-state index in [1.165, 1.54) is 37.8 Å². The van der Waals surface area contributed by atoms with Gasteiger partial charge in [0.2, 0.25) is 0 Å². The molecule has 1 amide bonds. The van der Waals surface area contributed by atoms with Crippen LogP contribution < -0.4 is 10.0 Å². The zero-order chi connectivity index (χ0) is 20.6. The number of rotatable bonds is 6. The van der Waals surface area contributed by atoms with Gasteiger partial charge >= 0.3 is 0 Å². The Morgan fingerprint density at radius 3 is 2.45 bits per heavy atom. The van der Waals surface area contributed by atoms with Gasteiger partial charge in [0.25, 0.3) is 15.9 Å². The van der Waals surface area contributed by atoms with Crippen molar-refractivity contribution < 1.29 is 13.2 Å². The SMILES string of the molecule is C[C@H](NC(=O)c1ccccc1NS(=O)(=O)c1ccc(Br)cc1)[C@@H]1C[C@H]2CC[C@H]1C2. The lowest BCUT2D eigenvalue weighted by atomic mass is 9.84. The van der Waals surface area contributed by atoms with Crippen molar-refractivity contribution in [2.24, 2.45) is 17.8 Å². The molecule has 0 aliphatic heterocycles. The number of sulfonamides is 1. The quantitative estimate of drug-likeness (QED) is 0.628. The van der Waals surface area contributed by atoms with Crippen LogP contribution in [-0.4, -0.2) is 20.4 Å². The Balaban J connectivity index is 1.50. The Labute approximate surface area is 180 Å². The van der Waals surface area contributed by atoms with Gasteiger partial charge < -0.3 is 5.32 Å². The molecule has 5 nitrogen and oxygen atoms in total. The van der Waals surface area contributed by atoms with E-state index in [9.17, 15) is 13.2 Å². The van der Waals surface area contributed by atoms with Gasteiger partial charge in [-0.15, -0.1) is 0 Å². The lowest BCUT2D eigenvalue weighted by Crippen LogP contribution is -2.40. The van der Waals surface area contributed by atoms with Crippen molar-refractivity contribution in [3.05, 3.63) is 58.6 Å². The molecule has 2 aromatic rings. The summed E-state index contributed by atoms with van der Waals surface area (Å²) in [4.78, 5) is 13.1. The van der Waals surface area contributed by atoms with Gasteiger partial charge in [0.15, 0.2) is 0 Å². The minimum absolute atomic E-state index is 0.0777. The van der Waals surface area contributed by atoms with Crippen LogP contribution in [0.1, 0.15) is 43.0 Å². The monoisotopic (exact) mass is 476 g/mol. The molecular weight excluding hydrogens is 452 g/mol. The average Bonchev–Trinajstić information content (AvgIpc) is 3.32. The third kappa shape index (κ3) is 4.36. The Hall–Kier alpha value is -1.86. The van der Waals surface area contributed by atoms with E-state index >= 15 is 0 Å². The molecule has 2 bridgehead atoms. The molecule has 2 aliphatic rings. The minimum atomic E-state index is -3.79. The Bertz CT molecular complexity index is 1010. The third-order valence-corrected chi connectivity index (χ3v) is 8.24. The van der Waals surface area contributed by atoms with Crippen molar-refractivity contribution in [1.29, 1.82) is 0 Å². The van der Waals surface area contributed by atoms with E-state index in [-0.39, 0.29) is 22.5 Å². The highest BCUT2D eigenvalue weighted by Crippen LogP contribution is 2.49. The highest BCUT2D eigenvalue weighted by atomic mass is 79.9. The first-order valence-electron chi connectivity index (χ1n) is 10.0. The predicted molar refractivity (Wildman–Crippen MR) is 117 cm³/mol. The summed E-state index contributed by atoms with van der Waals surface area (Å²) in [6.45, 7) is 2.07. The Morgan fingerprint density at radius 2 is 1.79 bits per heavy atom. The lowest BCUT2D eigenvalue weighted by molar-refractivity contribution is 0.0916. The van der Waals surface area contributed by atoms with E-state index in [2.05, 4.69) is 32.9 Å². The molecule has 0 radical (unpaired) electrons. The Kier molecular flexibility index (Phi) is 5.71. The molecule has 4 rings (SSSR count). The second kappa shape index (κ2) is 8.11. The van der Waals surface area contributed by atoms with Crippen LogP contribution in [0.3, 0.4) is 0 Å². The molecule has 4 atom stereocenters. The number of amides is 1. The number of halogens is 1. The standard InChI is InChI=1S/C22H25BrN2O3S/c1-14(20-13-15-6-7-16(20)12-15)24-22(26)19-4-2-3-5-21(19)25-29(27,28)18-10-8-17(23)9-11-18/h2-5,8-11,14-16,20,25H,6-7,12-13H2,1H3,(H,24,26)/t14-,15-,16-,20-/m0/s1. The first-order valence-corrected chi connectivity index (χ1v) is 12.3. The first-order chi connectivity index (χ1) is 13.8. The molecule has 2 saturated carbocycles. The molecule has 29 heavy (non-hydrogen) atoms. The number of benzene rings is 2. The summed E-state index contributed by atoms with van der Waals surface area (Å²) < 4.78 is 28.9. The van der Waals surface area contributed by atoms with Gasteiger partial charge in [-0.1, -0.05) is 34.5 Å². The van der Waals surface area contributed by atoms with Crippen LogP contribution in [-0.2, 0) is 10.0 Å². The molecule has 0 saturated heterocycles. The zero-order valence-corrected chi connectivity index (χ0v) is 18.7. The lowest BCUT2D eigenvalue weighted by Gasteiger charge is -2.28. The van der Waals surface area contributed by atoms with Crippen molar-refractivity contribution in [3.8, 4) is 0 Å². The number of hydrogen-bond acceptors (Lipinski definition) is 3. The maximum atomic E-state index is 13.0. The fourth-order valence-corrected chi connectivity index (χ4v) is 6.23. The highest BCUT2D eigenvalue weighted by Gasteiger charge is 2.42. The number of anilines is 1. The summed E-state index contributed by atoms with van der Waals surface area (Å²) in [5, 5.41) is 3.12. The molecule has 0 heterocycles. The molecule has 2 fully saturated rings. The van der Waals surface area contributed by atoms with Gasteiger partial charge in [-0.3, -0.25) is 9.52 Å². The number of carbonyl (C=O) groups is 1. The third-order valence-electron chi connectivity index (χ3n) is 6.33. The number of fused-ring (bicyclic) bond motifs is 2. The molecule has 7 heteroatoms. The van der Waals surface area contributed by atoms with Gasteiger partial charge in [-0.05, 0) is 80.3 Å². The molecular formula is C22H25BrN2O3S. The summed E-state index contributed by atoms with van der Waals surface area (Å²) in [6, 6.07) is 13.2. The maximum Gasteiger partial charge on any atom is 0.261 e. The topological polar surface area (TPSA) is 75.3 Å². The van der Waals surface area contributed by atoms with Crippen LogP contribution in [0.5, 0.6) is 0 Å². The fourth-order valence-electron chi connectivity index (χ4n) is 4.89. The summed E-state index contributed by atoms with van der Waals surface area (Å²) >= 11 is 3.30. The number of hydrogen-bond donors (Lipinski definition) is 2. The average molecular weight is 477 g/mol. The van der Waals surface area contributed by atoms with E-state index in [1.54, 1.807) is 36.4 Å². The molecule has 0 unspecified atom stereocenters. The second-order valence-corrected chi connectivity index (χ2v) is 10.8. The molecule has 2 aromatic carbocycles. The van der Waals surface area contributed by atoms with Gasteiger partial charge in [0.1, 0.15) is 0 Å². The van der Waals surface area contributed by atoms with Crippen molar-refractivity contribution in [1.82, 2.24) is 5.32 Å².